The fourth-order valence-corrected chi connectivity index (χ4v) is 4.43. The minimum absolute atomic E-state index is 0.306. The van der Waals surface area contributed by atoms with Gasteiger partial charge in [-0.15, -0.1) is 0 Å². The van der Waals surface area contributed by atoms with Gasteiger partial charge in [0.25, 0.3) is 0 Å². The third-order valence-corrected chi connectivity index (χ3v) is 5.88. The molecular weight excluding hydrogens is 426 g/mol. The molecule has 6 nitrogen and oxygen atoms in total. The van der Waals surface area contributed by atoms with Crippen LogP contribution in [0.1, 0.15) is 24.8 Å². The topological polar surface area (TPSA) is 72.9 Å². The van der Waals surface area contributed by atoms with E-state index in [1.165, 1.54) is 7.11 Å². The summed E-state index contributed by atoms with van der Waals surface area (Å²) in [6.45, 7) is 1.89. The number of imide groups is 1. The number of ether oxygens (including phenoxy) is 2. The van der Waals surface area contributed by atoms with Crippen LogP contribution in [0.4, 0.5) is 5.69 Å². The number of carbonyl (C=O) groups is 3. The van der Waals surface area contributed by atoms with Gasteiger partial charge in [-0.3, -0.25) is 14.4 Å². The molecule has 28 heavy (non-hydrogen) atoms. The summed E-state index contributed by atoms with van der Waals surface area (Å²) in [5, 5.41) is 0. The minimum atomic E-state index is -1.05. The van der Waals surface area contributed by atoms with Gasteiger partial charge >= 0.3 is 5.97 Å². The maximum absolute atomic E-state index is 13.3. The summed E-state index contributed by atoms with van der Waals surface area (Å²) < 4.78 is 11.4. The molecule has 2 aromatic carbocycles. The number of amides is 2. The predicted octanol–water partition coefficient (Wildman–Crippen LogP) is 3.68. The molecule has 4 rings (SSSR count). The van der Waals surface area contributed by atoms with Gasteiger partial charge in [-0.05, 0) is 48.9 Å². The lowest BCUT2D eigenvalue weighted by molar-refractivity contribution is -0.151. The highest BCUT2D eigenvalue weighted by molar-refractivity contribution is 9.10. The third kappa shape index (κ3) is 2.81. The largest absolute Gasteiger partial charge is 0.497 e. The molecule has 7 heteroatoms. The lowest BCUT2D eigenvalue weighted by Gasteiger charge is -2.43. The average Bonchev–Trinajstić information content (AvgIpc) is 2.69. The van der Waals surface area contributed by atoms with Crippen LogP contribution >= 0.6 is 15.9 Å². The standard InChI is InChI=1S/C21H18BrNO5/c1-3-14-17-15-10-11(22)4-9-16(15)28-21(26)18(17)20(25)23(19(14)24)12-5-7-13(27-2)8-6-12/h4-10,14,17-18H,3H2,1-2H3/t14-,17+,18+/m0/s1. The molecule has 0 spiro atoms. The normalized spacial score (nSPS) is 23.8. The molecule has 144 valence electrons. The van der Waals surface area contributed by atoms with Gasteiger partial charge in [0.05, 0.1) is 12.8 Å². The van der Waals surface area contributed by atoms with Gasteiger partial charge in [-0.2, -0.15) is 0 Å². The van der Waals surface area contributed by atoms with Crippen molar-refractivity contribution >= 4 is 39.4 Å². The third-order valence-electron chi connectivity index (χ3n) is 5.38. The summed E-state index contributed by atoms with van der Waals surface area (Å²) in [5.74, 6) is -2.55. The van der Waals surface area contributed by atoms with Crippen LogP contribution in [0.5, 0.6) is 11.5 Å². The molecule has 0 unspecified atom stereocenters. The Morgan fingerprint density at radius 2 is 1.79 bits per heavy atom. The number of carbonyl (C=O) groups excluding carboxylic acids is 3. The number of hydrogen-bond donors (Lipinski definition) is 0. The molecule has 0 saturated carbocycles. The van der Waals surface area contributed by atoms with E-state index in [2.05, 4.69) is 15.9 Å². The van der Waals surface area contributed by atoms with E-state index in [9.17, 15) is 14.4 Å². The van der Waals surface area contributed by atoms with Crippen LogP contribution in [0.15, 0.2) is 46.9 Å². The van der Waals surface area contributed by atoms with Gasteiger partial charge in [-0.1, -0.05) is 22.9 Å². The van der Waals surface area contributed by atoms with Crippen molar-refractivity contribution in [3.8, 4) is 11.5 Å². The van der Waals surface area contributed by atoms with Gasteiger partial charge in [0.1, 0.15) is 17.4 Å². The number of anilines is 1. The number of halogens is 1. The zero-order chi connectivity index (χ0) is 20.0. The predicted molar refractivity (Wildman–Crippen MR) is 105 cm³/mol. The summed E-state index contributed by atoms with van der Waals surface area (Å²) in [6.07, 6.45) is 0.499. The fourth-order valence-electron chi connectivity index (χ4n) is 4.06. The highest BCUT2D eigenvalue weighted by atomic mass is 79.9. The van der Waals surface area contributed by atoms with E-state index in [0.717, 1.165) is 9.37 Å². The van der Waals surface area contributed by atoms with Gasteiger partial charge < -0.3 is 9.47 Å². The van der Waals surface area contributed by atoms with Crippen molar-refractivity contribution in [3.63, 3.8) is 0 Å². The molecule has 2 heterocycles. The zero-order valence-corrected chi connectivity index (χ0v) is 16.9. The SMILES string of the molecule is CC[C@@H]1C(=O)N(c2ccc(OC)cc2)C(=O)[C@@H]2C(=O)Oc3ccc(Br)cc3[C@H]21. The number of fused-ring (bicyclic) bond motifs is 3. The first-order chi connectivity index (χ1) is 13.5. The Morgan fingerprint density at radius 3 is 2.43 bits per heavy atom. The van der Waals surface area contributed by atoms with Crippen molar-refractivity contribution in [2.75, 3.05) is 12.0 Å². The number of piperidine rings is 1. The molecule has 2 aliphatic heterocycles. The second kappa shape index (κ2) is 7.05. The number of methoxy groups -OCH3 is 1. The second-order valence-corrected chi connectivity index (χ2v) is 7.75. The lowest BCUT2D eigenvalue weighted by Crippen LogP contribution is -2.57. The second-order valence-electron chi connectivity index (χ2n) is 6.83. The Bertz CT molecular complexity index is 971. The molecule has 3 atom stereocenters. The quantitative estimate of drug-likeness (QED) is 0.313. The summed E-state index contributed by atoms with van der Waals surface area (Å²) in [4.78, 5) is 40.4. The Labute approximate surface area is 170 Å². The van der Waals surface area contributed by atoms with Crippen LogP contribution in [0.2, 0.25) is 0 Å². The van der Waals surface area contributed by atoms with E-state index in [0.29, 0.717) is 29.2 Å². The molecule has 2 aliphatic rings. The molecule has 0 bridgehead atoms. The maximum atomic E-state index is 13.3. The van der Waals surface area contributed by atoms with Gasteiger partial charge in [0.15, 0.2) is 0 Å². The van der Waals surface area contributed by atoms with Crippen molar-refractivity contribution in [2.24, 2.45) is 11.8 Å². The van der Waals surface area contributed by atoms with Crippen molar-refractivity contribution in [1.82, 2.24) is 0 Å². The fraction of sp³-hybridized carbons (Fsp3) is 0.286. The molecule has 0 aromatic heterocycles. The lowest BCUT2D eigenvalue weighted by atomic mass is 9.70. The summed E-state index contributed by atoms with van der Waals surface area (Å²) in [6, 6.07) is 11.9. The molecule has 1 fully saturated rings. The van der Waals surface area contributed by atoms with Crippen LogP contribution in [0.3, 0.4) is 0 Å². The Balaban J connectivity index is 1.82. The van der Waals surface area contributed by atoms with Crippen molar-refractivity contribution < 1.29 is 23.9 Å². The molecule has 0 N–H and O–H groups in total. The van der Waals surface area contributed by atoms with E-state index < -0.39 is 29.6 Å². The molecule has 0 radical (unpaired) electrons. The highest BCUT2D eigenvalue weighted by Gasteiger charge is 2.55. The first-order valence-electron chi connectivity index (χ1n) is 8.99. The molecule has 1 saturated heterocycles. The van der Waals surface area contributed by atoms with Crippen LogP contribution in [0.25, 0.3) is 0 Å². The average molecular weight is 444 g/mol. The van der Waals surface area contributed by atoms with Crippen LogP contribution in [0, 0.1) is 11.8 Å². The first-order valence-corrected chi connectivity index (χ1v) is 9.78. The smallest absolute Gasteiger partial charge is 0.324 e. The number of hydrogen-bond acceptors (Lipinski definition) is 5. The van der Waals surface area contributed by atoms with E-state index in [-0.39, 0.29) is 5.91 Å². The minimum Gasteiger partial charge on any atom is -0.497 e. The highest BCUT2D eigenvalue weighted by Crippen LogP contribution is 2.48. The monoisotopic (exact) mass is 443 g/mol. The van der Waals surface area contributed by atoms with Crippen molar-refractivity contribution in [3.05, 3.63) is 52.5 Å². The van der Waals surface area contributed by atoms with E-state index >= 15 is 0 Å². The molecule has 2 amide bonds. The van der Waals surface area contributed by atoms with Gasteiger partial charge in [0, 0.05) is 21.9 Å². The van der Waals surface area contributed by atoms with Crippen LogP contribution < -0.4 is 14.4 Å². The van der Waals surface area contributed by atoms with E-state index in [4.69, 9.17) is 9.47 Å². The van der Waals surface area contributed by atoms with Crippen molar-refractivity contribution in [1.29, 1.82) is 0 Å². The number of rotatable bonds is 3. The van der Waals surface area contributed by atoms with Crippen LogP contribution in [-0.4, -0.2) is 24.9 Å². The summed E-state index contributed by atoms with van der Waals surface area (Å²) >= 11 is 3.42. The number of benzene rings is 2. The Morgan fingerprint density at radius 1 is 1.07 bits per heavy atom. The number of nitrogens with zero attached hydrogens (tertiary/aromatic N) is 1. The van der Waals surface area contributed by atoms with Crippen LogP contribution in [-0.2, 0) is 14.4 Å². The Hall–Kier alpha value is -2.67. The molecule has 2 aromatic rings. The van der Waals surface area contributed by atoms with Gasteiger partial charge in [0.2, 0.25) is 11.8 Å². The van der Waals surface area contributed by atoms with E-state index in [1.807, 2.05) is 13.0 Å². The van der Waals surface area contributed by atoms with Crippen molar-refractivity contribution in [2.45, 2.75) is 19.3 Å². The summed E-state index contributed by atoms with van der Waals surface area (Å²) in [5.41, 5.74) is 1.13. The molecular formula is C21H18BrNO5. The summed E-state index contributed by atoms with van der Waals surface area (Å²) in [7, 11) is 1.54. The maximum Gasteiger partial charge on any atom is 0.324 e. The Kier molecular flexibility index (Phi) is 4.71. The van der Waals surface area contributed by atoms with Gasteiger partial charge in [-0.25, -0.2) is 4.90 Å². The number of esters is 1. The van der Waals surface area contributed by atoms with E-state index in [1.54, 1.807) is 36.4 Å². The molecule has 0 aliphatic carbocycles. The first kappa shape index (κ1) is 18.7. The zero-order valence-electron chi connectivity index (χ0n) is 15.3.